The summed E-state index contributed by atoms with van der Waals surface area (Å²) >= 11 is 6.20. The van der Waals surface area contributed by atoms with Crippen molar-refractivity contribution < 1.29 is 18.8 Å². The van der Waals surface area contributed by atoms with E-state index in [2.05, 4.69) is 15.5 Å². The number of aryl methyl sites for hydroxylation is 2. The van der Waals surface area contributed by atoms with Gasteiger partial charge in [-0.05, 0) is 83.0 Å². The molecule has 0 spiro atoms. The van der Waals surface area contributed by atoms with Crippen molar-refractivity contribution in [2.24, 2.45) is 0 Å². The molecule has 3 heterocycles. The van der Waals surface area contributed by atoms with Crippen LogP contribution in [0.3, 0.4) is 0 Å². The SMILES string of the molecule is COc1ccc(Cn2c(-c3ccc(-c4cc(C)no4)cc3)nc3c([C@@H](C)Nc4ccc(Cl)nc4C(=O)OC(C)(C)C)cc(C)cc3c2=O)cc1. The molecule has 0 unspecified atom stereocenters. The fourth-order valence-corrected chi connectivity index (χ4v) is 5.89. The van der Waals surface area contributed by atoms with E-state index in [4.69, 9.17) is 30.6 Å². The van der Waals surface area contributed by atoms with Crippen molar-refractivity contribution in [1.29, 1.82) is 0 Å². The molecule has 11 heteroatoms. The molecule has 0 bridgehead atoms. The third-order valence-corrected chi connectivity index (χ3v) is 8.29. The van der Waals surface area contributed by atoms with Crippen molar-refractivity contribution in [1.82, 2.24) is 19.7 Å². The number of nitrogens with zero attached hydrogens (tertiary/aromatic N) is 4. The van der Waals surface area contributed by atoms with Gasteiger partial charge in [-0.2, -0.15) is 0 Å². The highest BCUT2D eigenvalue weighted by molar-refractivity contribution is 6.29. The Kier molecular flexibility index (Phi) is 9.49. The number of ether oxygens (including phenoxy) is 2. The van der Waals surface area contributed by atoms with Crippen LogP contribution in [-0.4, -0.2) is 38.4 Å². The van der Waals surface area contributed by atoms with Crippen LogP contribution in [0.2, 0.25) is 5.15 Å². The molecule has 0 aliphatic rings. The average Bonchev–Trinajstić information content (AvgIpc) is 3.52. The second-order valence-electron chi connectivity index (χ2n) is 13.2. The number of hydrogen-bond acceptors (Lipinski definition) is 9. The summed E-state index contributed by atoms with van der Waals surface area (Å²) in [5.41, 5.74) is 5.09. The molecule has 10 nitrogen and oxygen atoms in total. The predicted octanol–water partition coefficient (Wildman–Crippen LogP) is 8.57. The number of pyridine rings is 1. The summed E-state index contributed by atoms with van der Waals surface area (Å²) in [4.78, 5) is 37.1. The van der Waals surface area contributed by atoms with Gasteiger partial charge in [-0.3, -0.25) is 9.36 Å². The van der Waals surface area contributed by atoms with E-state index in [0.717, 1.165) is 39.3 Å². The van der Waals surface area contributed by atoms with Gasteiger partial charge >= 0.3 is 5.97 Å². The molecular formula is C39H38ClN5O5. The third kappa shape index (κ3) is 7.40. The molecule has 6 rings (SSSR count). The van der Waals surface area contributed by atoms with E-state index in [1.165, 1.54) is 0 Å². The Labute approximate surface area is 295 Å². The van der Waals surface area contributed by atoms with Crippen LogP contribution in [0.4, 0.5) is 5.69 Å². The quantitative estimate of drug-likeness (QED) is 0.117. The molecular weight excluding hydrogens is 654 g/mol. The van der Waals surface area contributed by atoms with Crippen LogP contribution in [0.1, 0.15) is 66.6 Å². The summed E-state index contributed by atoms with van der Waals surface area (Å²) in [5, 5.41) is 8.06. The average molecular weight is 692 g/mol. The van der Waals surface area contributed by atoms with E-state index in [1.807, 2.05) is 87.5 Å². The van der Waals surface area contributed by atoms with Crippen LogP contribution in [0.5, 0.6) is 5.75 Å². The number of fused-ring (bicyclic) bond motifs is 1. The maximum Gasteiger partial charge on any atom is 0.359 e. The number of hydrogen-bond donors (Lipinski definition) is 1. The molecule has 6 aromatic rings. The molecule has 0 fully saturated rings. The number of benzene rings is 3. The lowest BCUT2D eigenvalue weighted by Gasteiger charge is -2.23. The summed E-state index contributed by atoms with van der Waals surface area (Å²) in [6.07, 6.45) is 0. The summed E-state index contributed by atoms with van der Waals surface area (Å²) < 4.78 is 18.1. The normalized spacial score (nSPS) is 12.2. The zero-order chi connectivity index (χ0) is 35.7. The van der Waals surface area contributed by atoms with Gasteiger partial charge in [0.15, 0.2) is 11.5 Å². The van der Waals surface area contributed by atoms with Gasteiger partial charge in [0.25, 0.3) is 5.56 Å². The molecule has 0 saturated carbocycles. The standard InChI is InChI=1S/C39H38ClN5O5/c1-22-18-29(24(3)41-31-16-17-33(40)42-35(31)38(47)49-39(4,5)6)34-30(19-22)37(46)45(21-25-8-14-28(48-7)15-9-25)36(43-34)27-12-10-26(11-13-27)32-20-23(2)44-50-32/h8-20,24,41H,21H2,1-7H3/t24-/m1/s1. The van der Waals surface area contributed by atoms with Crippen molar-refractivity contribution in [2.45, 2.75) is 59.7 Å². The van der Waals surface area contributed by atoms with Crippen LogP contribution in [0, 0.1) is 13.8 Å². The number of carbonyl (C=O) groups excluding carboxylic acids is 1. The van der Waals surface area contributed by atoms with Gasteiger partial charge in [-0.1, -0.05) is 59.2 Å². The van der Waals surface area contributed by atoms with Crippen LogP contribution >= 0.6 is 11.6 Å². The number of carbonyl (C=O) groups is 1. The summed E-state index contributed by atoms with van der Waals surface area (Å²) in [7, 11) is 1.62. The van der Waals surface area contributed by atoms with E-state index in [0.29, 0.717) is 28.2 Å². The minimum atomic E-state index is -0.727. The highest BCUT2D eigenvalue weighted by Crippen LogP contribution is 2.31. The Balaban J connectivity index is 1.48. The number of esters is 1. The van der Waals surface area contributed by atoms with Gasteiger partial charge < -0.3 is 19.3 Å². The van der Waals surface area contributed by atoms with E-state index < -0.39 is 17.6 Å². The summed E-state index contributed by atoms with van der Waals surface area (Å²) in [5.74, 6) is 1.27. The molecule has 50 heavy (non-hydrogen) atoms. The van der Waals surface area contributed by atoms with Crippen LogP contribution in [0.15, 0.2) is 88.2 Å². The molecule has 0 aliphatic carbocycles. The van der Waals surface area contributed by atoms with Crippen molar-refractivity contribution in [3.05, 3.63) is 122 Å². The van der Waals surface area contributed by atoms with Crippen LogP contribution in [-0.2, 0) is 11.3 Å². The molecule has 3 aromatic carbocycles. The maximum atomic E-state index is 14.5. The Hall–Kier alpha value is -5.48. The minimum Gasteiger partial charge on any atom is -0.497 e. The number of halogens is 1. The molecule has 0 radical (unpaired) electrons. The maximum absolute atomic E-state index is 14.5. The number of methoxy groups -OCH3 is 1. The van der Waals surface area contributed by atoms with E-state index in [9.17, 15) is 9.59 Å². The van der Waals surface area contributed by atoms with Crippen LogP contribution in [0.25, 0.3) is 33.6 Å². The molecule has 0 saturated heterocycles. The lowest BCUT2D eigenvalue weighted by Crippen LogP contribution is -2.26. The minimum absolute atomic E-state index is 0.0637. The first-order chi connectivity index (χ1) is 23.8. The number of anilines is 1. The first kappa shape index (κ1) is 34.4. The Morgan fingerprint density at radius 1 is 0.960 bits per heavy atom. The monoisotopic (exact) mass is 691 g/mol. The van der Waals surface area contributed by atoms with Crippen molar-refractivity contribution in [2.75, 3.05) is 12.4 Å². The number of nitrogens with one attached hydrogen (secondary N) is 1. The molecule has 3 aromatic heterocycles. The van der Waals surface area contributed by atoms with Gasteiger partial charge in [0.1, 0.15) is 22.3 Å². The summed E-state index contributed by atoms with van der Waals surface area (Å²) in [6.45, 7) is 11.4. The van der Waals surface area contributed by atoms with Crippen molar-refractivity contribution >= 4 is 34.2 Å². The van der Waals surface area contributed by atoms with E-state index in [-0.39, 0.29) is 23.0 Å². The van der Waals surface area contributed by atoms with Gasteiger partial charge in [0, 0.05) is 22.8 Å². The van der Waals surface area contributed by atoms with Gasteiger partial charge in [-0.15, -0.1) is 0 Å². The Morgan fingerprint density at radius 3 is 2.30 bits per heavy atom. The smallest absolute Gasteiger partial charge is 0.359 e. The van der Waals surface area contributed by atoms with Gasteiger partial charge in [0.05, 0.1) is 42.0 Å². The largest absolute Gasteiger partial charge is 0.497 e. The zero-order valence-electron chi connectivity index (χ0n) is 29.0. The summed E-state index contributed by atoms with van der Waals surface area (Å²) in [6, 6.07) is 23.9. The molecule has 1 atom stereocenters. The molecule has 256 valence electrons. The first-order valence-corrected chi connectivity index (χ1v) is 16.6. The fraction of sp³-hybridized carbons (Fsp3) is 0.256. The van der Waals surface area contributed by atoms with Gasteiger partial charge in [0.2, 0.25) is 0 Å². The lowest BCUT2D eigenvalue weighted by atomic mass is 10.00. The van der Waals surface area contributed by atoms with Crippen LogP contribution < -0.4 is 15.6 Å². The third-order valence-electron chi connectivity index (χ3n) is 8.08. The van der Waals surface area contributed by atoms with E-state index in [1.54, 1.807) is 44.6 Å². The van der Waals surface area contributed by atoms with Crippen molar-refractivity contribution in [3.8, 4) is 28.5 Å². The second kappa shape index (κ2) is 13.8. The Morgan fingerprint density at radius 2 is 1.66 bits per heavy atom. The molecule has 0 amide bonds. The van der Waals surface area contributed by atoms with E-state index >= 15 is 0 Å². The molecule has 0 aliphatic heterocycles. The number of rotatable bonds is 9. The Bertz CT molecular complexity index is 2250. The highest BCUT2D eigenvalue weighted by atomic mass is 35.5. The number of aromatic nitrogens is 4. The fourth-order valence-electron chi connectivity index (χ4n) is 5.74. The van der Waals surface area contributed by atoms with Gasteiger partial charge in [-0.25, -0.2) is 14.8 Å². The molecule has 1 N–H and O–H groups in total. The second-order valence-corrected chi connectivity index (χ2v) is 13.6. The highest BCUT2D eigenvalue weighted by Gasteiger charge is 2.25. The predicted molar refractivity (Wildman–Crippen MR) is 195 cm³/mol. The lowest BCUT2D eigenvalue weighted by molar-refractivity contribution is 0.00640. The van der Waals surface area contributed by atoms with Crippen molar-refractivity contribution in [3.63, 3.8) is 0 Å². The zero-order valence-corrected chi connectivity index (χ0v) is 29.8. The first-order valence-electron chi connectivity index (χ1n) is 16.2. The topological polar surface area (TPSA) is 121 Å².